The maximum atomic E-state index is 11.3. The lowest BCUT2D eigenvalue weighted by molar-refractivity contribution is -0.152. The highest BCUT2D eigenvalue weighted by atomic mass is 79.9. The average Bonchev–Trinajstić information content (AvgIpc) is 2.56. The molecule has 2 aromatic carbocycles. The lowest BCUT2D eigenvalue weighted by Crippen LogP contribution is -2.38. The van der Waals surface area contributed by atoms with Crippen molar-refractivity contribution in [1.29, 1.82) is 0 Å². The van der Waals surface area contributed by atoms with Gasteiger partial charge in [-0.1, -0.05) is 40.2 Å². The molecule has 0 spiro atoms. The van der Waals surface area contributed by atoms with Crippen molar-refractivity contribution in [1.82, 2.24) is 0 Å². The Morgan fingerprint density at radius 3 is 2.15 bits per heavy atom. The summed E-state index contributed by atoms with van der Waals surface area (Å²) in [4.78, 5) is 22.4. The smallest absolute Gasteiger partial charge is 0.347 e. The van der Waals surface area contributed by atoms with Crippen LogP contribution in [0.25, 0.3) is 0 Å². The standard InChI is InChI=1S/C21H21BrO4/c1-13-11-16(12-14(2)19(13)26-21(3,4)20(24)25)18(9-10-23)15-5-7-17(22)8-6-15/h5-9,11-12,18H,1-4H3,(H,24,25). The molecule has 0 bridgehead atoms. The zero-order chi connectivity index (χ0) is 19.5. The van der Waals surface area contributed by atoms with Gasteiger partial charge in [0.05, 0.1) is 0 Å². The van der Waals surface area contributed by atoms with Crippen molar-refractivity contribution in [3.05, 3.63) is 69.2 Å². The van der Waals surface area contributed by atoms with E-state index in [1.807, 2.05) is 56.2 Å². The van der Waals surface area contributed by atoms with Crippen molar-refractivity contribution < 1.29 is 19.4 Å². The molecule has 0 amide bonds. The summed E-state index contributed by atoms with van der Waals surface area (Å²) in [6.07, 6.45) is 1.49. The molecular weight excluding hydrogens is 396 g/mol. The quantitative estimate of drug-likeness (QED) is 0.684. The number of rotatable bonds is 6. The summed E-state index contributed by atoms with van der Waals surface area (Å²) in [6.45, 7) is 6.77. The van der Waals surface area contributed by atoms with Crippen molar-refractivity contribution in [3.63, 3.8) is 0 Å². The van der Waals surface area contributed by atoms with Crippen molar-refractivity contribution in [3.8, 4) is 5.75 Å². The zero-order valence-corrected chi connectivity index (χ0v) is 16.8. The molecule has 4 nitrogen and oxygen atoms in total. The molecule has 2 aromatic rings. The number of halogens is 1. The fourth-order valence-electron chi connectivity index (χ4n) is 2.75. The third kappa shape index (κ3) is 4.43. The van der Waals surface area contributed by atoms with E-state index >= 15 is 0 Å². The fraction of sp³-hybridized carbons (Fsp3) is 0.286. The Kier molecular flexibility index (Phi) is 6.06. The molecule has 1 N–H and O–H groups in total. The van der Waals surface area contributed by atoms with E-state index in [9.17, 15) is 14.7 Å². The summed E-state index contributed by atoms with van der Waals surface area (Å²) >= 11 is 3.41. The van der Waals surface area contributed by atoms with Gasteiger partial charge < -0.3 is 9.84 Å². The predicted molar refractivity (Wildman–Crippen MR) is 105 cm³/mol. The maximum Gasteiger partial charge on any atom is 0.347 e. The second-order valence-corrected chi connectivity index (χ2v) is 7.63. The van der Waals surface area contributed by atoms with Crippen LogP contribution in [-0.2, 0) is 9.59 Å². The number of hydrogen-bond acceptors (Lipinski definition) is 3. The number of aliphatic carboxylic acids is 1. The normalized spacial score (nSPS) is 12.2. The van der Waals surface area contributed by atoms with Gasteiger partial charge in [0.15, 0.2) is 5.60 Å². The first-order chi connectivity index (χ1) is 12.2. The largest absolute Gasteiger partial charge is 0.478 e. The summed E-state index contributed by atoms with van der Waals surface area (Å²) < 4.78 is 6.71. The molecule has 0 saturated carbocycles. The van der Waals surface area contributed by atoms with E-state index in [-0.39, 0.29) is 5.92 Å². The van der Waals surface area contributed by atoms with Gasteiger partial charge in [-0.15, -0.1) is 0 Å². The molecule has 0 saturated heterocycles. The number of ether oxygens (including phenoxy) is 1. The van der Waals surface area contributed by atoms with Gasteiger partial charge in [0, 0.05) is 16.5 Å². The maximum absolute atomic E-state index is 11.3. The molecule has 1 unspecified atom stereocenters. The van der Waals surface area contributed by atoms with Gasteiger partial charge in [-0.05, 0) is 62.1 Å². The summed E-state index contributed by atoms with van der Waals surface area (Å²) in [5.41, 5.74) is 2.19. The topological polar surface area (TPSA) is 63.6 Å². The molecule has 0 radical (unpaired) electrons. The van der Waals surface area contributed by atoms with Gasteiger partial charge in [-0.3, -0.25) is 0 Å². The first-order valence-electron chi connectivity index (χ1n) is 8.15. The van der Waals surface area contributed by atoms with Crippen molar-refractivity contribution in [2.45, 2.75) is 39.2 Å². The van der Waals surface area contributed by atoms with E-state index < -0.39 is 11.6 Å². The third-order valence-electron chi connectivity index (χ3n) is 4.18. The molecule has 1 atom stereocenters. The number of carboxylic acids is 1. The summed E-state index contributed by atoms with van der Waals surface area (Å²) in [6, 6.07) is 11.6. The molecule has 0 aliphatic heterocycles. The van der Waals surface area contributed by atoms with E-state index in [0.717, 1.165) is 26.7 Å². The number of allylic oxidation sites excluding steroid dienone is 1. The van der Waals surface area contributed by atoms with Gasteiger partial charge in [0.1, 0.15) is 11.7 Å². The van der Waals surface area contributed by atoms with Gasteiger partial charge in [0.25, 0.3) is 0 Å². The SMILES string of the molecule is Cc1cc(C(C=C=O)c2ccc(Br)cc2)cc(C)c1OC(C)(C)C(=O)O. The Bertz CT molecular complexity index is 839. The van der Waals surface area contributed by atoms with Crippen LogP contribution in [0, 0.1) is 13.8 Å². The Hall–Kier alpha value is -2.36. The van der Waals surface area contributed by atoms with Gasteiger partial charge in [0.2, 0.25) is 0 Å². The van der Waals surface area contributed by atoms with Crippen LogP contribution in [-0.4, -0.2) is 22.6 Å². The Labute approximate surface area is 161 Å². The van der Waals surface area contributed by atoms with E-state index in [0.29, 0.717) is 5.75 Å². The van der Waals surface area contributed by atoms with Crippen LogP contribution in [0.5, 0.6) is 5.75 Å². The number of aryl methyl sites for hydroxylation is 2. The molecule has 0 aliphatic carbocycles. The second kappa shape index (κ2) is 7.90. The minimum atomic E-state index is -1.33. The van der Waals surface area contributed by atoms with Gasteiger partial charge >= 0.3 is 5.97 Å². The molecule has 2 rings (SSSR count). The Morgan fingerprint density at radius 1 is 1.15 bits per heavy atom. The van der Waals surface area contributed by atoms with Crippen LogP contribution in [0.1, 0.15) is 42.0 Å². The first kappa shape index (κ1) is 20.0. The molecule has 0 fully saturated rings. The highest BCUT2D eigenvalue weighted by Crippen LogP contribution is 2.34. The molecular formula is C21H21BrO4. The highest BCUT2D eigenvalue weighted by Gasteiger charge is 2.30. The Morgan fingerprint density at radius 2 is 1.69 bits per heavy atom. The average molecular weight is 417 g/mol. The highest BCUT2D eigenvalue weighted by molar-refractivity contribution is 9.10. The Balaban J connectivity index is 2.48. The molecule has 0 aromatic heterocycles. The van der Waals surface area contributed by atoms with Gasteiger partial charge in [-0.25, -0.2) is 9.59 Å². The molecule has 5 heteroatoms. The summed E-state index contributed by atoms with van der Waals surface area (Å²) in [5.74, 6) is 1.17. The molecule has 26 heavy (non-hydrogen) atoms. The lowest BCUT2D eigenvalue weighted by atomic mass is 9.89. The summed E-state index contributed by atoms with van der Waals surface area (Å²) in [5, 5.41) is 9.29. The number of carboxylic acid groups (broad SMARTS) is 1. The molecule has 136 valence electrons. The lowest BCUT2D eigenvalue weighted by Gasteiger charge is -2.25. The minimum Gasteiger partial charge on any atom is -0.478 e. The van der Waals surface area contributed by atoms with Gasteiger partial charge in [-0.2, -0.15) is 0 Å². The van der Waals surface area contributed by atoms with Crippen LogP contribution in [0.15, 0.2) is 46.9 Å². The minimum absolute atomic E-state index is 0.237. The number of carbonyl (C=O) groups excluding carboxylic acids is 1. The molecule has 0 heterocycles. The number of benzene rings is 2. The van der Waals surface area contributed by atoms with Crippen LogP contribution < -0.4 is 4.74 Å². The zero-order valence-electron chi connectivity index (χ0n) is 15.2. The number of hydrogen-bond donors (Lipinski definition) is 1. The predicted octanol–water partition coefficient (Wildman–Crippen LogP) is 4.83. The van der Waals surface area contributed by atoms with Crippen molar-refractivity contribution in [2.24, 2.45) is 0 Å². The fourth-order valence-corrected chi connectivity index (χ4v) is 3.01. The van der Waals surface area contributed by atoms with Crippen LogP contribution in [0.2, 0.25) is 0 Å². The molecule has 0 aliphatic rings. The van der Waals surface area contributed by atoms with E-state index in [1.54, 1.807) is 0 Å². The van der Waals surface area contributed by atoms with Crippen LogP contribution in [0.4, 0.5) is 0 Å². The first-order valence-corrected chi connectivity index (χ1v) is 8.95. The third-order valence-corrected chi connectivity index (χ3v) is 4.71. The monoisotopic (exact) mass is 416 g/mol. The van der Waals surface area contributed by atoms with E-state index in [1.165, 1.54) is 19.9 Å². The van der Waals surface area contributed by atoms with Crippen LogP contribution in [0.3, 0.4) is 0 Å². The van der Waals surface area contributed by atoms with E-state index in [4.69, 9.17) is 4.74 Å². The van der Waals surface area contributed by atoms with Crippen LogP contribution >= 0.6 is 15.9 Å². The number of carbonyl (C=O) groups is 1. The summed E-state index contributed by atoms with van der Waals surface area (Å²) in [7, 11) is 0. The van der Waals surface area contributed by atoms with Crippen molar-refractivity contribution in [2.75, 3.05) is 0 Å². The van der Waals surface area contributed by atoms with Crippen molar-refractivity contribution >= 4 is 27.8 Å². The van der Waals surface area contributed by atoms with E-state index in [2.05, 4.69) is 15.9 Å². The second-order valence-electron chi connectivity index (χ2n) is 6.72.